The van der Waals surface area contributed by atoms with Crippen LogP contribution in [0.2, 0.25) is 0 Å². The van der Waals surface area contributed by atoms with Crippen molar-refractivity contribution in [2.75, 3.05) is 12.8 Å². The van der Waals surface area contributed by atoms with Crippen molar-refractivity contribution in [3.63, 3.8) is 0 Å². The number of benzene rings is 2. The third-order valence-corrected chi connectivity index (χ3v) is 2.69. The Morgan fingerprint density at radius 1 is 1.16 bits per heavy atom. The van der Waals surface area contributed by atoms with Gasteiger partial charge in [-0.3, -0.25) is 0 Å². The minimum atomic E-state index is -0.479. The number of ether oxygens (including phenoxy) is 2. The second kappa shape index (κ2) is 5.44. The molecule has 0 fully saturated rings. The molecule has 4 heteroatoms. The first-order valence-corrected chi connectivity index (χ1v) is 5.83. The first-order valence-electron chi connectivity index (χ1n) is 5.83. The Balaban J connectivity index is 2.33. The van der Waals surface area contributed by atoms with E-state index in [0.717, 1.165) is 5.56 Å². The van der Waals surface area contributed by atoms with Crippen LogP contribution in [0.25, 0.3) is 0 Å². The van der Waals surface area contributed by atoms with E-state index < -0.39 is 5.97 Å². The molecule has 4 nitrogen and oxygen atoms in total. The van der Waals surface area contributed by atoms with E-state index in [4.69, 9.17) is 10.5 Å². The fraction of sp³-hybridized carbons (Fsp3) is 0.133. The molecule has 0 aliphatic heterocycles. The minimum Gasteiger partial charge on any atom is -0.465 e. The maximum atomic E-state index is 11.5. The summed E-state index contributed by atoms with van der Waals surface area (Å²) < 4.78 is 10.4. The van der Waals surface area contributed by atoms with E-state index in [2.05, 4.69) is 4.74 Å². The lowest BCUT2D eigenvalue weighted by molar-refractivity contribution is 0.0601. The summed E-state index contributed by atoms with van der Waals surface area (Å²) in [4.78, 5) is 11.5. The van der Waals surface area contributed by atoms with Crippen LogP contribution in [-0.2, 0) is 4.74 Å². The van der Waals surface area contributed by atoms with Crippen LogP contribution in [-0.4, -0.2) is 13.1 Å². The van der Waals surface area contributed by atoms with E-state index in [-0.39, 0.29) is 5.69 Å². The quantitative estimate of drug-likeness (QED) is 0.677. The molecule has 0 bridgehead atoms. The molecule has 0 heterocycles. The normalized spacial score (nSPS) is 10.0. The molecule has 2 N–H and O–H groups in total. The molecule has 2 aromatic carbocycles. The van der Waals surface area contributed by atoms with Crippen LogP contribution in [0.15, 0.2) is 42.5 Å². The van der Waals surface area contributed by atoms with Crippen LogP contribution in [0, 0.1) is 6.92 Å². The van der Waals surface area contributed by atoms with Gasteiger partial charge in [-0.15, -0.1) is 0 Å². The molecule has 2 rings (SSSR count). The molecular formula is C15H15NO3. The monoisotopic (exact) mass is 257 g/mol. The van der Waals surface area contributed by atoms with Crippen molar-refractivity contribution in [2.24, 2.45) is 0 Å². The summed E-state index contributed by atoms with van der Waals surface area (Å²) in [6.07, 6.45) is 0. The highest BCUT2D eigenvalue weighted by molar-refractivity contribution is 5.96. The average Bonchev–Trinajstić information content (AvgIpc) is 2.40. The number of carbonyl (C=O) groups is 1. The van der Waals surface area contributed by atoms with Crippen LogP contribution in [0.5, 0.6) is 11.5 Å². The molecule has 0 unspecified atom stereocenters. The summed E-state index contributed by atoms with van der Waals surface area (Å²) in [6.45, 7) is 1.97. The lowest BCUT2D eigenvalue weighted by Crippen LogP contribution is -2.06. The molecule has 19 heavy (non-hydrogen) atoms. The van der Waals surface area contributed by atoms with E-state index in [1.54, 1.807) is 18.2 Å². The molecule has 0 amide bonds. The van der Waals surface area contributed by atoms with Gasteiger partial charge in [0.05, 0.1) is 18.4 Å². The van der Waals surface area contributed by atoms with Gasteiger partial charge >= 0.3 is 5.97 Å². The number of nitrogen functional groups attached to an aromatic ring is 1. The van der Waals surface area contributed by atoms with Crippen LogP contribution in [0.4, 0.5) is 5.69 Å². The summed E-state index contributed by atoms with van der Waals surface area (Å²) in [5, 5.41) is 0. The molecular weight excluding hydrogens is 242 g/mol. The van der Waals surface area contributed by atoms with Crippen LogP contribution >= 0.6 is 0 Å². The molecule has 0 atom stereocenters. The van der Waals surface area contributed by atoms with Gasteiger partial charge in [0.25, 0.3) is 0 Å². The number of nitrogens with two attached hydrogens (primary N) is 1. The third-order valence-electron chi connectivity index (χ3n) is 2.69. The van der Waals surface area contributed by atoms with Gasteiger partial charge in [-0.1, -0.05) is 18.2 Å². The summed E-state index contributed by atoms with van der Waals surface area (Å²) in [5.74, 6) is 0.634. The molecule has 0 radical (unpaired) electrons. The van der Waals surface area contributed by atoms with Gasteiger partial charge in [-0.25, -0.2) is 4.79 Å². The zero-order valence-electron chi connectivity index (χ0n) is 10.8. The number of methoxy groups -OCH3 is 1. The fourth-order valence-electron chi connectivity index (χ4n) is 1.73. The second-order valence-corrected chi connectivity index (χ2v) is 4.13. The highest BCUT2D eigenvalue weighted by atomic mass is 16.5. The largest absolute Gasteiger partial charge is 0.465 e. The fourth-order valence-corrected chi connectivity index (χ4v) is 1.73. The number of rotatable bonds is 3. The van der Waals surface area contributed by atoms with Crippen LogP contribution < -0.4 is 10.5 Å². The topological polar surface area (TPSA) is 61.5 Å². The van der Waals surface area contributed by atoms with E-state index in [1.807, 2.05) is 31.2 Å². The van der Waals surface area contributed by atoms with Crippen molar-refractivity contribution in [2.45, 2.75) is 6.92 Å². The lowest BCUT2D eigenvalue weighted by Gasteiger charge is -2.11. The molecule has 0 aliphatic carbocycles. The van der Waals surface area contributed by atoms with Gasteiger partial charge < -0.3 is 15.2 Å². The highest BCUT2D eigenvalue weighted by Crippen LogP contribution is 2.30. The Hall–Kier alpha value is -2.49. The van der Waals surface area contributed by atoms with E-state index in [1.165, 1.54) is 7.11 Å². The van der Waals surface area contributed by atoms with Crippen LogP contribution in [0.3, 0.4) is 0 Å². The van der Waals surface area contributed by atoms with Crippen molar-refractivity contribution in [3.05, 3.63) is 53.6 Å². The Morgan fingerprint density at radius 2 is 1.89 bits per heavy atom. The summed E-state index contributed by atoms with van der Waals surface area (Å²) in [6, 6.07) is 12.6. The van der Waals surface area contributed by atoms with Crippen molar-refractivity contribution >= 4 is 11.7 Å². The molecule has 0 saturated carbocycles. The predicted octanol–water partition coefficient (Wildman–Crippen LogP) is 3.16. The SMILES string of the molecule is COC(=O)c1cccc(Oc2cccc(C)c2)c1N. The Kier molecular flexibility index (Phi) is 3.71. The number of aryl methyl sites for hydroxylation is 1. The van der Waals surface area contributed by atoms with E-state index >= 15 is 0 Å². The number of hydrogen-bond acceptors (Lipinski definition) is 4. The molecule has 98 valence electrons. The molecule has 0 spiro atoms. The first kappa shape index (κ1) is 13.0. The smallest absolute Gasteiger partial charge is 0.340 e. The number of esters is 1. The Morgan fingerprint density at radius 3 is 2.58 bits per heavy atom. The zero-order valence-corrected chi connectivity index (χ0v) is 10.8. The number of anilines is 1. The number of carbonyl (C=O) groups excluding carboxylic acids is 1. The summed E-state index contributed by atoms with van der Waals surface area (Å²) in [7, 11) is 1.32. The van der Waals surface area contributed by atoms with E-state index in [0.29, 0.717) is 17.1 Å². The molecule has 2 aromatic rings. The lowest BCUT2D eigenvalue weighted by atomic mass is 10.1. The average molecular weight is 257 g/mol. The van der Waals surface area contributed by atoms with Crippen LogP contribution in [0.1, 0.15) is 15.9 Å². The maximum Gasteiger partial charge on any atom is 0.340 e. The molecule has 0 saturated heterocycles. The predicted molar refractivity (Wildman–Crippen MR) is 73.4 cm³/mol. The Bertz CT molecular complexity index is 608. The summed E-state index contributed by atoms with van der Waals surface area (Å²) >= 11 is 0. The molecule has 0 aromatic heterocycles. The second-order valence-electron chi connectivity index (χ2n) is 4.13. The van der Waals surface area contributed by atoms with Gasteiger partial charge in [-0.05, 0) is 36.8 Å². The van der Waals surface area contributed by atoms with Crippen molar-refractivity contribution in [1.29, 1.82) is 0 Å². The minimum absolute atomic E-state index is 0.274. The maximum absolute atomic E-state index is 11.5. The Labute approximate surface area is 111 Å². The highest BCUT2D eigenvalue weighted by Gasteiger charge is 2.13. The van der Waals surface area contributed by atoms with Crippen molar-refractivity contribution in [1.82, 2.24) is 0 Å². The standard InChI is InChI=1S/C15H15NO3/c1-10-5-3-6-11(9-10)19-13-8-4-7-12(14(13)16)15(17)18-2/h3-9H,16H2,1-2H3. The van der Waals surface area contributed by atoms with Gasteiger partial charge in [-0.2, -0.15) is 0 Å². The van der Waals surface area contributed by atoms with Gasteiger partial charge in [0, 0.05) is 0 Å². The summed E-state index contributed by atoms with van der Waals surface area (Å²) in [5.41, 5.74) is 7.58. The van der Waals surface area contributed by atoms with Gasteiger partial charge in [0.2, 0.25) is 0 Å². The first-order chi connectivity index (χ1) is 9.11. The van der Waals surface area contributed by atoms with Gasteiger partial charge in [0.1, 0.15) is 5.75 Å². The number of para-hydroxylation sites is 1. The van der Waals surface area contributed by atoms with Crippen molar-refractivity contribution < 1.29 is 14.3 Å². The van der Waals surface area contributed by atoms with Gasteiger partial charge in [0.15, 0.2) is 5.75 Å². The number of hydrogen-bond donors (Lipinski definition) is 1. The third kappa shape index (κ3) is 2.85. The molecule has 0 aliphatic rings. The van der Waals surface area contributed by atoms with Crippen molar-refractivity contribution in [3.8, 4) is 11.5 Å². The van der Waals surface area contributed by atoms with E-state index in [9.17, 15) is 4.79 Å². The zero-order chi connectivity index (χ0) is 13.8.